The molecule has 0 spiro atoms. The highest BCUT2D eigenvalue weighted by Crippen LogP contribution is 2.30. The summed E-state index contributed by atoms with van der Waals surface area (Å²) in [6.07, 6.45) is 1.35. The number of sulfonamides is 1. The molecular weight excluding hydrogens is 343 g/mol. The Bertz CT molecular complexity index is 561. The molecule has 2 N–H and O–H groups in total. The summed E-state index contributed by atoms with van der Waals surface area (Å²) in [7, 11) is -3.54. The maximum Gasteiger partial charge on any atom is 0.243 e. The first-order chi connectivity index (χ1) is 8.82. The van der Waals surface area contributed by atoms with Gasteiger partial charge in [-0.25, -0.2) is 8.42 Å². The predicted octanol–water partition coefficient (Wildman–Crippen LogP) is 2.84. The zero-order valence-electron chi connectivity index (χ0n) is 11.0. The van der Waals surface area contributed by atoms with Crippen molar-refractivity contribution < 1.29 is 8.42 Å². The fourth-order valence-corrected chi connectivity index (χ4v) is 4.18. The molecule has 1 saturated heterocycles. The first-order valence-electron chi connectivity index (χ1n) is 6.03. The second-order valence-electron chi connectivity index (χ2n) is 4.75. The molecule has 0 aliphatic carbocycles. The van der Waals surface area contributed by atoms with E-state index >= 15 is 0 Å². The van der Waals surface area contributed by atoms with Crippen LogP contribution >= 0.6 is 35.6 Å². The molecular formula is C12H17Cl3N2O2S. The van der Waals surface area contributed by atoms with Crippen LogP contribution in [-0.2, 0) is 10.0 Å². The van der Waals surface area contributed by atoms with E-state index in [0.29, 0.717) is 41.5 Å². The molecule has 20 heavy (non-hydrogen) atoms. The second kappa shape index (κ2) is 6.81. The summed E-state index contributed by atoms with van der Waals surface area (Å²) in [6.45, 7) is 2.63. The number of rotatable bonds is 2. The first kappa shape index (κ1) is 18.0. The fraction of sp³-hybridized carbons (Fsp3) is 0.500. The summed E-state index contributed by atoms with van der Waals surface area (Å²) >= 11 is 12.0. The van der Waals surface area contributed by atoms with Crippen LogP contribution in [0, 0.1) is 6.92 Å². The van der Waals surface area contributed by atoms with Gasteiger partial charge in [0.25, 0.3) is 0 Å². The molecule has 0 saturated carbocycles. The van der Waals surface area contributed by atoms with Crippen LogP contribution in [0.5, 0.6) is 0 Å². The molecule has 8 heteroatoms. The Morgan fingerprint density at radius 3 is 2.10 bits per heavy atom. The molecule has 1 aromatic rings. The van der Waals surface area contributed by atoms with Gasteiger partial charge in [0.1, 0.15) is 0 Å². The summed E-state index contributed by atoms with van der Waals surface area (Å²) in [5.74, 6) is 0. The molecule has 1 aromatic carbocycles. The van der Waals surface area contributed by atoms with Crippen LogP contribution in [0.3, 0.4) is 0 Å². The van der Waals surface area contributed by atoms with Gasteiger partial charge in [0.05, 0.1) is 4.90 Å². The monoisotopic (exact) mass is 358 g/mol. The SMILES string of the molecule is Cc1c(Cl)cc(S(=O)(=O)N2CCC(N)CC2)cc1Cl.Cl. The number of hydrogen-bond acceptors (Lipinski definition) is 3. The van der Waals surface area contributed by atoms with Gasteiger partial charge in [-0.15, -0.1) is 12.4 Å². The van der Waals surface area contributed by atoms with Crippen molar-refractivity contribution in [2.45, 2.75) is 30.7 Å². The third kappa shape index (κ3) is 3.59. The van der Waals surface area contributed by atoms with Gasteiger partial charge >= 0.3 is 0 Å². The van der Waals surface area contributed by atoms with Crippen molar-refractivity contribution in [2.75, 3.05) is 13.1 Å². The highest BCUT2D eigenvalue weighted by atomic mass is 35.5. The summed E-state index contributed by atoms with van der Waals surface area (Å²) < 4.78 is 26.4. The van der Waals surface area contributed by atoms with E-state index in [1.54, 1.807) is 6.92 Å². The smallest absolute Gasteiger partial charge is 0.243 e. The van der Waals surface area contributed by atoms with Crippen molar-refractivity contribution in [2.24, 2.45) is 5.73 Å². The minimum atomic E-state index is -3.54. The lowest BCUT2D eigenvalue weighted by atomic mass is 10.1. The van der Waals surface area contributed by atoms with Crippen LogP contribution in [-0.4, -0.2) is 31.9 Å². The first-order valence-corrected chi connectivity index (χ1v) is 8.23. The van der Waals surface area contributed by atoms with Crippen LogP contribution in [0.1, 0.15) is 18.4 Å². The largest absolute Gasteiger partial charge is 0.328 e. The highest BCUT2D eigenvalue weighted by Gasteiger charge is 2.29. The zero-order valence-corrected chi connectivity index (χ0v) is 14.1. The molecule has 1 heterocycles. The van der Waals surface area contributed by atoms with Crippen LogP contribution in [0.25, 0.3) is 0 Å². The molecule has 1 fully saturated rings. The van der Waals surface area contributed by atoms with Gasteiger partial charge in [-0.1, -0.05) is 23.2 Å². The molecule has 4 nitrogen and oxygen atoms in total. The molecule has 0 bridgehead atoms. The topological polar surface area (TPSA) is 63.4 Å². The number of piperidine rings is 1. The third-order valence-electron chi connectivity index (χ3n) is 3.39. The predicted molar refractivity (Wildman–Crippen MR) is 84.4 cm³/mol. The lowest BCUT2D eigenvalue weighted by molar-refractivity contribution is 0.320. The third-order valence-corrected chi connectivity index (χ3v) is 6.05. The van der Waals surface area contributed by atoms with E-state index < -0.39 is 10.0 Å². The lowest BCUT2D eigenvalue weighted by Gasteiger charge is -2.29. The molecule has 114 valence electrons. The Morgan fingerprint density at radius 2 is 1.65 bits per heavy atom. The molecule has 0 aromatic heterocycles. The van der Waals surface area contributed by atoms with E-state index in [0.717, 1.165) is 0 Å². The van der Waals surface area contributed by atoms with E-state index in [1.165, 1.54) is 16.4 Å². The standard InChI is InChI=1S/C12H16Cl2N2O2S.ClH/c1-8-11(13)6-10(7-12(8)14)19(17,18)16-4-2-9(15)3-5-16;/h6-7,9H,2-5,15H2,1H3;1H. The van der Waals surface area contributed by atoms with E-state index in [2.05, 4.69) is 0 Å². The van der Waals surface area contributed by atoms with Crippen molar-refractivity contribution >= 4 is 45.6 Å². The van der Waals surface area contributed by atoms with Gasteiger partial charge in [0.2, 0.25) is 10.0 Å². The zero-order chi connectivity index (χ0) is 14.2. The van der Waals surface area contributed by atoms with Gasteiger partial charge in [0.15, 0.2) is 0 Å². The van der Waals surface area contributed by atoms with Crippen molar-refractivity contribution in [1.29, 1.82) is 0 Å². The van der Waals surface area contributed by atoms with Crippen molar-refractivity contribution in [3.05, 3.63) is 27.7 Å². The molecule has 0 unspecified atom stereocenters. The van der Waals surface area contributed by atoms with Crippen LogP contribution in [0.2, 0.25) is 10.0 Å². The van der Waals surface area contributed by atoms with Crippen molar-refractivity contribution in [1.82, 2.24) is 4.31 Å². The fourth-order valence-electron chi connectivity index (χ4n) is 2.04. The van der Waals surface area contributed by atoms with Gasteiger partial charge < -0.3 is 5.73 Å². The molecule has 0 radical (unpaired) electrons. The van der Waals surface area contributed by atoms with Crippen LogP contribution < -0.4 is 5.73 Å². The minimum absolute atomic E-state index is 0. The highest BCUT2D eigenvalue weighted by molar-refractivity contribution is 7.89. The lowest BCUT2D eigenvalue weighted by Crippen LogP contribution is -2.42. The Hall–Kier alpha value is -0.0400. The van der Waals surface area contributed by atoms with Crippen LogP contribution in [0.4, 0.5) is 0 Å². The van der Waals surface area contributed by atoms with E-state index in [9.17, 15) is 8.42 Å². The average Bonchev–Trinajstić information content (AvgIpc) is 2.35. The van der Waals surface area contributed by atoms with E-state index in [-0.39, 0.29) is 23.3 Å². The maximum atomic E-state index is 12.5. The molecule has 1 aliphatic rings. The maximum absolute atomic E-state index is 12.5. The number of hydrogen-bond donors (Lipinski definition) is 1. The molecule has 0 amide bonds. The number of nitrogens with two attached hydrogens (primary N) is 1. The van der Waals surface area contributed by atoms with Gasteiger partial charge in [-0.05, 0) is 37.5 Å². The van der Waals surface area contributed by atoms with E-state index in [4.69, 9.17) is 28.9 Å². The van der Waals surface area contributed by atoms with Crippen LogP contribution in [0.15, 0.2) is 17.0 Å². The Kier molecular flexibility index (Phi) is 6.14. The second-order valence-corrected chi connectivity index (χ2v) is 7.51. The number of halogens is 3. The average molecular weight is 360 g/mol. The summed E-state index contributed by atoms with van der Waals surface area (Å²) in [6, 6.07) is 2.98. The van der Waals surface area contributed by atoms with Crippen molar-refractivity contribution in [3.8, 4) is 0 Å². The quantitative estimate of drug-likeness (QED) is 0.883. The minimum Gasteiger partial charge on any atom is -0.328 e. The van der Waals surface area contributed by atoms with Gasteiger partial charge in [-0.3, -0.25) is 0 Å². The molecule has 1 aliphatic heterocycles. The molecule has 0 atom stereocenters. The Balaban J connectivity index is 0.00000200. The summed E-state index contributed by atoms with van der Waals surface area (Å²) in [4.78, 5) is 0.142. The van der Waals surface area contributed by atoms with Gasteiger partial charge in [0, 0.05) is 29.2 Å². The Morgan fingerprint density at radius 1 is 1.20 bits per heavy atom. The number of nitrogens with zero attached hydrogens (tertiary/aromatic N) is 1. The normalized spacial score (nSPS) is 17.8. The summed E-state index contributed by atoms with van der Waals surface area (Å²) in [5, 5.41) is 0.722. The van der Waals surface area contributed by atoms with E-state index in [1.807, 2.05) is 0 Å². The van der Waals surface area contributed by atoms with Crippen molar-refractivity contribution in [3.63, 3.8) is 0 Å². The van der Waals surface area contributed by atoms with Gasteiger partial charge in [-0.2, -0.15) is 4.31 Å². The molecule has 2 rings (SSSR count). The summed E-state index contributed by atoms with van der Waals surface area (Å²) in [5.41, 5.74) is 6.47. The number of benzene rings is 1. The Labute approximate surface area is 135 Å².